The van der Waals surface area contributed by atoms with Crippen molar-refractivity contribution in [1.82, 2.24) is 4.90 Å². The van der Waals surface area contributed by atoms with Crippen LogP contribution in [0.3, 0.4) is 0 Å². The fourth-order valence-electron chi connectivity index (χ4n) is 4.95. The zero-order valence-electron chi connectivity index (χ0n) is 15.2. The molecule has 1 aromatic carbocycles. The largest absolute Gasteiger partial charge is 0.331 e. The van der Waals surface area contributed by atoms with Crippen molar-refractivity contribution in [2.24, 2.45) is 10.8 Å². The van der Waals surface area contributed by atoms with E-state index >= 15 is 0 Å². The Bertz CT molecular complexity index is 667. The first-order valence-corrected chi connectivity index (χ1v) is 8.93. The Balaban J connectivity index is 1.74. The topological polar surface area (TPSA) is 49.4 Å². The second kappa shape index (κ2) is 5.91. The summed E-state index contributed by atoms with van der Waals surface area (Å²) in [6.07, 6.45) is 3.93. The van der Waals surface area contributed by atoms with Gasteiger partial charge >= 0.3 is 11.8 Å². The van der Waals surface area contributed by atoms with Crippen LogP contribution >= 0.6 is 0 Å². The van der Waals surface area contributed by atoms with Crippen LogP contribution in [0.1, 0.15) is 52.5 Å². The number of para-hydroxylation sites is 1. The number of benzene rings is 1. The summed E-state index contributed by atoms with van der Waals surface area (Å²) < 4.78 is 0. The van der Waals surface area contributed by atoms with Gasteiger partial charge in [0.05, 0.1) is 0 Å². The summed E-state index contributed by atoms with van der Waals surface area (Å²) in [4.78, 5) is 27.1. The van der Waals surface area contributed by atoms with Crippen LogP contribution in [0.4, 0.5) is 5.69 Å². The van der Waals surface area contributed by atoms with E-state index in [4.69, 9.17) is 0 Å². The highest BCUT2D eigenvalue weighted by Crippen LogP contribution is 2.52. The van der Waals surface area contributed by atoms with Crippen LogP contribution in [-0.2, 0) is 16.0 Å². The van der Waals surface area contributed by atoms with Gasteiger partial charge in [-0.15, -0.1) is 0 Å². The van der Waals surface area contributed by atoms with Crippen LogP contribution in [-0.4, -0.2) is 29.3 Å². The summed E-state index contributed by atoms with van der Waals surface area (Å²) in [5.41, 5.74) is 2.17. The Morgan fingerprint density at radius 2 is 1.92 bits per heavy atom. The SMILES string of the molecule is CCc1ccccc1NC(=O)C(=O)N1CC2(C)CC1CC(C)(C)C2. The van der Waals surface area contributed by atoms with Crippen molar-refractivity contribution in [3.63, 3.8) is 0 Å². The van der Waals surface area contributed by atoms with Crippen LogP contribution < -0.4 is 5.32 Å². The monoisotopic (exact) mass is 328 g/mol. The third-order valence-electron chi connectivity index (χ3n) is 5.52. The Hall–Kier alpha value is -1.84. The zero-order chi connectivity index (χ0) is 17.5. The van der Waals surface area contributed by atoms with Crippen LogP contribution in [0.15, 0.2) is 24.3 Å². The number of anilines is 1. The molecule has 1 aliphatic heterocycles. The molecular formula is C20H28N2O2. The molecule has 0 spiro atoms. The summed E-state index contributed by atoms with van der Waals surface area (Å²) in [7, 11) is 0. The van der Waals surface area contributed by atoms with Crippen molar-refractivity contribution in [1.29, 1.82) is 0 Å². The molecule has 2 bridgehead atoms. The van der Waals surface area contributed by atoms with Gasteiger partial charge < -0.3 is 10.2 Å². The molecule has 2 amide bonds. The smallest absolute Gasteiger partial charge is 0.313 e. The summed E-state index contributed by atoms with van der Waals surface area (Å²) >= 11 is 0. The number of likely N-dealkylation sites (tertiary alicyclic amines) is 1. The van der Waals surface area contributed by atoms with E-state index < -0.39 is 5.91 Å². The van der Waals surface area contributed by atoms with Crippen LogP contribution in [0.25, 0.3) is 0 Å². The Morgan fingerprint density at radius 3 is 2.62 bits per heavy atom. The number of hydrogen-bond donors (Lipinski definition) is 1. The lowest BCUT2D eigenvalue weighted by molar-refractivity contribution is -0.144. The van der Waals surface area contributed by atoms with Gasteiger partial charge in [-0.2, -0.15) is 0 Å². The number of nitrogens with one attached hydrogen (secondary N) is 1. The second-order valence-electron chi connectivity index (χ2n) is 8.61. The van der Waals surface area contributed by atoms with Gasteiger partial charge in [-0.25, -0.2) is 0 Å². The van der Waals surface area contributed by atoms with E-state index in [-0.39, 0.29) is 22.8 Å². The summed E-state index contributed by atoms with van der Waals surface area (Å²) in [6.45, 7) is 9.52. The van der Waals surface area contributed by atoms with Crippen molar-refractivity contribution in [2.75, 3.05) is 11.9 Å². The van der Waals surface area contributed by atoms with Gasteiger partial charge in [-0.1, -0.05) is 45.9 Å². The minimum atomic E-state index is -0.509. The average molecular weight is 328 g/mol. The summed E-state index contributed by atoms with van der Waals surface area (Å²) in [6, 6.07) is 7.86. The van der Waals surface area contributed by atoms with E-state index in [9.17, 15) is 9.59 Å². The molecule has 1 aromatic rings. The highest BCUT2D eigenvalue weighted by molar-refractivity contribution is 6.39. The van der Waals surface area contributed by atoms with Gasteiger partial charge in [0.15, 0.2) is 0 Å². The lowest BCUT2D eigenvalue weighted by Gasteiger charge is -2.39. The number of amides is 2. The third-order valence-corrected chi connectivity index (χ3v) is 5.52. The molecule has 4 heteroatoms. The highest BCUT2D eigenvalue weighted by Gasteiger charge is 2.51. The number of carbonyl (C=O) groups excluding carboxylic acids is 2. The number of aryl methyl sites for hydroxylation is 1. The Kier molecular flexibility index (Phi) is 4.18. The number of fused-ring (bicyclic) bond motifs is 2. The maximum atomic E-state index is 12.8. The molecule has 4 nitrogen and oxygen atoms in total. The molecule has 1 heterocycles. The molecule has 24 heavy (non-hydrogen) atoms. The fourth-order valence-corrected chi connectivity index (χ4v) is 4.95. The number of nitrogens with zero attached hydrogens (tertiary/aromatic N) is 1. The van der Waals surface area contributed by atoms with Crippen LogP contribution in [0, 0.1) is 10.8 Å². The third kappa shape index (κ3) is 3.19. The molecule has 1 saturated heterocycles. The van der Waals surface area contributed by atoms with Gasteiger partial charge in [-0.3, -0.25) is 9.59 Å². The first kappa shape index (κ1) is 17.0. The van der Waals surface area contributed by atoms with Crippen LogP contribution in [0.2, 0.25) is 0 Å². The zero-order valence-corrected chi connectivity index (χ0v) is 15.2. The quantitative estimate of drug-likeness (QED) is 0.843. The Morgan fingerprint density at radius 1 is 1.21 bits per heavy atom. The molecule has 1 saturated carbocycles. The number of hydrogen-bond acceptors (Lipinski definition) is 2. The van der Waals surface area contributed by atoms with Gasteiger partial charge in [0.25, 0.3) is 0 Å². The van der Waals surface area contributed by atoms with E-state index in [1.54, 1.807) is 0 Å². The van der Waals surface area contributed by atoms with E-state index in [1.807, 2.05) is 36.1 Å². The van der Waals surface area contributed by atoms with Crippen molar-refractivity contribution >= 4 is 17.5 Å². The van der Waals surface area contributed by atoms with Gasteiger partial charge in [0.2, 0.25) is 0 Å². The van der Waals surface area contributed by atoms with Crippen molar-refractivity contribution in [3.8, 4) is 0 Å². The van der Waals surface area contributed by atoms with E-state index in [2.05, 4.69) is 26.1 Å². The average Bonchev–Trinajstić information content (AvgIpc) is 2.76. The molecule has 0 radical (unpaired) electrons. The first-order chi connectivity index (χ1) is 11.2. The van der Waals surface area contributed by atoms with Gasteiger partial charge in [0.1, 0.15) is 0 Å². The number of carbonyl (C=O) groups is 2. The van der Waals surface area contributed by atoms with Gasteiger partial charge in [-0.05, 0) is 48.1 Å². The van der Waals surface area contributed by atoms with Crippen molar-refractivity contribution in [3.05, 3.63) is 29.8 Å². The molecule has 0 aromatic heterocycles. The first-order valence-electron chi connectivity index (χ1n) is 8.93. The molecule has 2 aliphatic rings. The molecule has 130 valence electrons. The summed E-state index contributed by atoms with van der Waals surface area (Å²) in [5, 5.41) is 2.82. The van der Waals surface area contributed by atoms with Crippen molar-refractivity contribution in [2.45, 2.75) is 59.4 Å². The predicted molar refractivity (Wildman–Crippen MR) is 95.7 cm³/mol. The normalized spacial score (nSPS) is 27.8. The fraction of sp³-hybridized carbons (Fsp3) is 0.600. The highest BCUT2D eigenvalue weighted by atomic mass is 16.2. The van der Waals surface area contributed by atoms with Gasteiger partial charge in [0, 0.05) is 18.3 Å². The minimum absolute atomic E-state index is 0.143. The minimum Gasteiger partial charge on any atom is -0.331 e. The molecule has 2 fully saturated rings. The predicted octanol–water partition coefficient (Wildman–Crippen LogP) is 3.61. The maximum absolute atomic E-state index is 12.8. The summed E-state index contributed by atoms with van der Waals surface area (Å²) in [5.74, 6) is -0.891. The van der Waals surface area contributed by atoms with E-state index in [0.29, 0.717) is 6.54 Å². The van der Waals surface area contributed by atoms with Crippen molar-refractivity contribution < 1.29 is 9.59 Å². The number of rotatable bonds is 2. The molecule has 2 atom stereocenters. The van der Waals surface area contributed by atoms with E-state index in [1.165, 1.54) is 0 Å². The maximum Gasteiger partial charge on any atom is 0.313 e. The van der Waals surface area contributed by atoms with Crippen LogP contribution in [0.5, 0.6) is 0 Å². The molecule has 2 unspecified atom stereocenters. The van der Waals surface area contributed by atoms with E-state index in [0.717, 1.165) is 36.9 Å². The lowest BCUT2D eigenvalue weighted by Crippen LogP contribution is -2.43. The molecule has 1 aliphatic carbocycles. The Labute approximate surface area is 144 Å². The lowest BCUT2D eigenvalue weighted by atomic mass is 9.65. The standard InChI is InChI=1S/C20H28N2O2/c1-5-14-8-6-7-9-16(14)21-17(23)18(24)22-13-20(4)11-15(22)10-19(2,3)12-20/h6-9,15H,5,10-13H2,1-4H3,(H,21,23). The molecule has 1 N–H and O–H groups in total. The molecular weight excluding hydrogens is 300 g/mol. The second-order valence-corrected chi connectivity index (χ2v) is 8.61. The molecule has 3 rings (SSSR count).